The molecule has 0 aromatic heterocycles. The summed E-state index contributed by atoms with van der Waals surface area (Å²) >= 11 is 0. The van der Waals surface area contributed by atoms with Gasteiger partial charge < -0.3 is 12.3 Å². The SMILES string of the molecule is C=C[SiH](Cc1ccccc1)O[Si](O[SiH](C=C)Cc1ccccc1)(O[SiH](C=C)Cc1ccccc1)C1=CCCC1. The second kappa shape index (κ2) is 15.2. The van der Waals surface area contributed by atoms with E-state index >= 15 is 0 Å². The molecule has 0 N–H and O–H groups in total. The van der Waals surface area contributed by atoms with E-state index in [1.54, 1.807) is 0 Å². The number of rotatable bonds is 16. The predicted octanol–water partition coefficient (Wildman–Crippen LogP) is 6.32. The molecule has 0 bridgehead atoms. The average molecular weight is 585 g/mol. The third-order valence-electron chi connectivity index (χ3n) is 6.98. The van der Waals surface area contributed by atoms with Crippen LogP contribution in [0.25, 0.3) is 0 Å². The lowest BCUT2D eigenvalue weighted by molar-refractivity contribution is 0.279. The first-order valence-corrected chi connectivity index (χ1v) is 21.5. The molecule has 4 rings (SSSR count). The first-order chi connectivity index (χ1) is 19.1. The quantitative estimate of drug-likeness (QED) is 0.185. The van der Waals surface area contributed by atoms with Crippen LogP contribution in [-0.2, 0) is 30.5 Å². The first kappa shape index (κ1) is 29.4. The maximum Gasteiger partial charge on any atom is 0.501 e. The van der Waals surface area contributed by atoms with E-state index in [2.05, 4.69) is 117 Å². The molecule has 0 saturated carbocycles. The minimum Gasteiger partial charge on any atom is -0.412 e. The lowest BCUT2D eigenvalue weighted by atomic mass is 10.2. The molecule has 0 aliphatic heterocycles. The monoisotopic (exact) mass is 584 g/mol. The van der Waals surface area contributed by atoms with Gasteiger partial charge in [0, 0.05) is 0 Å². The molecule has 3 nitrogen and oxygen atoms in total. The first-order valence-electron chi connectivity index (χ1n) is 13.9. The maximum absolute atomic E-state index is 7.24. The molecule has 7 heteroatoms. The summed E-state index contributed by atoms with van der Waals surface area (Å²) in [6.07, 6.45) is 5.44. The molecule has 202 valence electrons. The molecular weight excluding hydrogens is 545 g/mol. The Balaban J connectivity index is 1.69. The van der Waals surface area contributed by atoms with Crippen LogP contribution < -0.4 is 0 Å². The van der Waals surface area contributed by atoms with Crippen LogP contribution >= 0.6 is 0 Å². The highest BCUT2D eigenvalue weighted by Crippen LogP contribution is 2.33. The highest BCUT2D eigenvalue weighted by atomic mass is 28.5. The molecule has 0 radical (unpaired) electrons. The summed E-state index contributed by atoms with van der Waals surface area (Å²) in [4.78, 5) is 0. The third kappa shape index (κ3) is 8.68. The van der Waals surface area contributed by atoms with Crippen molar-refractivity contribution in [3.8, 4) is 0 Å². The summed E-state index contributed by atoms with van der Waals surface area (Å²) in [6.45, 7) is 12.6. The Bertz CT molecular complexity index is 1080. The molecule has 3 aromatic rings. The van der Waals surface area contributed by atoms with E-state index in [9.17, 15) is 0 Å². The summed E-state index contributed by atoms with van der Waals surface area (Å²) in [5, 5.41) is 1.25. The van der Waals surface area contributed by atoms with Gasteiger partial charge >= 0.3 is 8.80 Å². The maximum atomic E-state index is 7.24. The number of hydrogen-bond donors (Lipinski definition) is 0. The van der Waals surface area contributed by atoms with Crippen molar-refractivity contribution in [1.82, 2.24) is 0 Å². The highest BCUT2D eigenvalue weighted by molar-refractivity contribution is 6.87. The van der Waals surface area contributed by atoms with Crippen molar-refractivity contribution in [3.05, 3.63) is 156 Å². The van der Waals surface area contributed by atoms with Gasteiger partial charge in [0.2, 0.25) is 0 Å². The Hall–Kier alpha value is -2.63. The minimum absolute atomic E-state index is 0.858. The van der Waals surface area contributed by atoms with Crippen LogP contribution in [0.2, 0.25) is 0 Å². The molecule has 1 aliphatic rings. The Morgan fingerprint density at radius 1 is 0.590 bits per heavy atom. The molecule has 0 spiro atoms. The Morgan fingerprint density at radius 2 is 0.949 bits per heavy atom. The van der Waals surface area contributed by atoms with Crippen LogP contribution in [0.1, 0.15) is 36.0 Å². The second-order valence-electron chi connectivity index (χ2n) is 9.92. The van der Waals surface area contributed by atoms with Crippen molar-refractivity contribution < 1.29 is 12.3 Å². The van der Waals surface area contributed by atoms with Gasteiger partial charge in [0.15, 0.2) is 27.1 Å². The molecule has 0 amide bonds. The standard InChI is InChI=1S/C32H40O3Si4/c1-4-36(26-29-18-10-7-11-19-29)33-39(32-24-16-17-25-32,34-37(5-2)27-30-20-12-8-13-21-30)35-38(6-3)28-31-22-14-9-15-23-31/h4-15,18-24,36-38H,1-3,16-17,25-28H2. The molecule has 3 aromatic carbocycles. The second-order valence-corrected chi connectivity index (χ2v) is 20.4. The van der Waals surface area contributed by atoms with E-state index in [0.717, 1.165) is 37.4 Å². The number of allylic oxidation sites excluding steroid dienone is 2. The Kier molecular flexibility index (Phi) is 11.5. The lowest BCUT2D eigenvalue weighted by Crippen LogP contribution is -2.57. The highest BCUT2D eigenvalue weighted by Gasteiger charge is 2.50. The van der Waals surface area contributed by atoms with E-state index in [1.165, 1.54) is 21.9 Å². The van der Waals surface area contributed by atoms with Crippen LogP contribution in [0.5, 0.6) is 0 Å². The molecule has 0 heterocycles. The van der Waals surface area contributed by atoms with Gasteiger partial charge in [-0.15, -0.1) is 19.7 Å². The molecule has 3 unspecified atom stereocenters. The summed E-state index contributed by atoms with van der Waals surface area (Å²) in [5.74, 6) is 0. The minimum atomic E-state index is -3.24. The van der Waals surface area contributed by atoms with Crippen LogP contribution in [0, 0.1) is 0 Å². The van der Waals surface area contributed by atoms with Gasteiger partial charge in [-0.25, -0.2) is 0 Å². The van der Waals surface area contributed by atoms with Crippen molar-refractivity contribution >= 4 is 35.9 Å². The number of hydrogen-bond acceptors (Lipinski definition) is 3. The zero-order valence-electron chi connectivity index (χ0n) is 22.8. The average Bonchev–Trinajstić information content (AvgIpc) is 3.54. The van der Waals surface area contributed by atoms with Crippen molar-refractivity contribution in [2.45, 2.75) is 37.4 Å². The fourth-order valence-electron chi connectivity index (χ4n) is 4.92. The fourth-order valence-corrected chi connectivity index (χ4v) is 19.4. The van der Waals surface area contributed by atoms with E-state index in [4.69, 9.17) is 12.3 Å². The van der Waals surface area contributed by atoms with Crippen LogP contribution in [0.3, 0.4) is 0 Å². The molecule has 39 heavy (non-hydrogen) atoms. The van der Waals surface area contributed by atoms with E-state index < -0.39 is 35.9 Å². The fraction of sp³-hybridized carbons (Fsp3) is 0.188. The predicted molar refractivity (Wildman–Crippen MR) is 173 cm³/mol. The van der Waals surface area contributed by atoms with Gasteiger partial charge in [0.05, 0.1) is 0 Å². The van der Waals surface area contributed by atoms with Gasteiger partial charge in [0.25, 0.3) is 0 Å². The normalized spacial score (nSPS) is 16.9. The van der Waals surface area contributed by atoms with Gasteiger partial charge in [0.1, 0.15) is 0 Å². The van der Waals surface area contributed by atoms with Crippen molar-refractivity contribution in [2.24, 2.45) is 0 Å². The zero-order valence-corrected chi connectivity index (χ0v) is 27.3. The van der Waals surface area contributed by atoms with Gasteiger partial charge in [-0.05, 0) is 59.3 Å². The molecule has 1 aliphatic carbocycles. The smallest absolute Gasteiger partial charge is 0.412 e. The zero-order chi connectivity index (χ0) is 27.3. The summed E-state index contributed by atoms with van der Waals surface area (Å²) in [5.41, 5.74) is 9.92. The summed E-state index contributed by atoms with van der Waals surface area (Å²) in [6, 6.07) is 34.2. The van der Waals surface area contributed by atoms with E-state index in [0.29, 0.717) is 0 Å². The van der Waals surface area contributed by atoms with Gasteiger partial charge in [-0.2, -0.15) is 0 Å². The van der Waals surface area contributed by atoms with Crippen LogP contribution in [0.15, 0.2) is 139 Å². The van der Waals surface area contributed by atoms with Gasteiger partial charge in [-0.3, -0.25) is 0 Å². The topological polar surface area (TPSA) is 27.7 Å². The van der Waals surface area contributed by atoms with Crippen molar-refractivity contribution in [2.75, 3.05) is 0 Å². The third-order valence-corrected chi connectivity index (χ3v) is 19.8. The van der Waals surface area contributed by atoms with Crippen molar-refractivity contribution in [1.29, 1.82) is 0 Å². The molecule has 3 atom stereocenters. The molecule has 0 saturated heterocycles. The van der Waals surface area contributed by atoms with Crippen LogP contribution in [-0.4, -0.2) is 35.9 Å². The van der Waals surface area contributed by atoms with Crippen LogP contribution in [0.4, 0.5) is 0 Å². The van der Waals surface area contributed by atoms with Gasteiger partial charge in [-0.1, -0.05) is 114 Å². The lowest BCUT2D eigenvalue weighted by Gasteiger charge is -2.38. The Labute approximate surface area is 240 Å². The number of benzene rings is 3. The molecule has 0 fully saturated rings. The van der Waals surface area contributed by atoms with E-state index in [1.807, 2.05) is 17.1 Å². The van der Waals surface area contributed by atoms with E-state index in [-0.39, 0.29) is 0 Å². The van der Waals surface area contributed by atoms with Crippen molar-refractivity contribution in [3.63, 3.8) is 0 Å². The largest absolute Gasteiger partial charge is 0.501 e. The summed E-state index contributed by atoms with van der Waals surface area (Å²) in [7, 11) is -9.00. The molecular formula is C32H40O3Si4. The Morgan fingerprint density at radius 3 is 1.23 bits per heavy atom. The summed E-state index contributed by atoms with van der Waals surface area (Å²) < 4.78 is 21.7.